The Kier molecular flexibility index (Phi) is 3.06. The lowest BCUT2D eigenvalue weighted by Gasteiger charge is -2.23. The van der Waals surface area contributed by atoms with Crippen LogP contribution in [-0.4, -0.2) is 32.6 Å². The molecule has 1 fully saturated rings. The van der Waals surface area contributed by atoms with Crippen LogP contribution in [0.4, 0.5) is 0 Å². The van der Waals surface area contributed by atoms with Gasteiger partial charge in [-0.3, -0.25) is 9.97 Å². The third-order valence-corrected chi connectivity index (χ3v) is 3.47. The highest BCUT2D eigenvalue weighted by Crippen LogP contribution is 2.28. The van der Waals surface area contributed by atoms with Gasteiger partial charge in [0.05, 0.1) is 23.9 Å². The van der Waals surface area contributed by atoms with E-state index in [1.54, 1.807) is 18.7 Å². The second kappa shape index (κ2) is 4.86. The summed E-state index contributed by atoms with van der Waals surface area (Å²) in [4.78, 5) is 13.2. The predicted octanol–water partition coefficient (Wildman–Crippen LogP) is 1.34. The molecule has 3 heterocycles. The van der Waals surface area contributed by atoms with Gasteiger partial charge in [-0.1, -0.05) is 0 Å². The van der Waals surface area contributed by atoms with E-state index in [4.69, 9.17) is 0 Å². The van der Waals surface area contributed by atoms with Gasteiger partial charge in [-0.15, -0.1) is 0 Å². The van der Waals surface area contributed by atoms with Crippen molar-refractivity contribution in [1.29, 1.82) is 0 Å². The van der Waals surface area contributed by atoms with Crippen molar-refractivity contribution in [3.63, 3.8) is 0 Å². The fourth-order valence-corrected chi connectivity index (χ4v) is 2.52. The SMILES string of the molecule is Cn1cncc1-c1nccnc1C1CCCNC1. The second-order valence-corrected chi connectivity index (χ2v) is 4.72. The molecule has 1 unspecified atom stereocenters. The number of nitrogens with zero attached hydrogens (tertiary/aromatic N) is 4. The Hall–Kier alpha value is -1.75. The Morgan fingerprint density at radius 3 is 2.94 bits per heavy atom. The average molecular weight is 243 g/mol. The van der Waals surface area contributed by atoms with Gasteiger partial charge in [0.15, 0.2) is 0 Å². The summed E-state index contributed by atoms with van der Waals surface area (Å²) in [6.45, 7) is 2.10. The van der Waals surface area contributed by atoms with Crippen LogP contribution in [0, 0.1) is 0 Å². The highest BCUT2D eigenvalue weighted by molar-refractivity contribution is 5.57. The highest BCUT2D eigenvalue weighted by Gasteiger charge is 2.21. The zero-order valence-electron chi connectivity index (χ0n) is 10.5. The van der Waals surface area contributed by atoms with Crippen LogP contribution in [0.15, 0.2) is 24.9 Å². The van der Waals surface area contributed by atoms with Crippen molar-refractivity contribution in [2.45, 2.75) is 18.8 Å². The number of nitrogens with one attached hydrogen (secondary N) is 1. The van der Waals surface area contributed by atoms with Crippen molar-refractivity contribution in [3.05, 3.63) is 30.6 Å². The van der Waals surface area contributed by atoms with E-state index in [-0.39, 0.29) is 0 Å². The molecule has 18 heavy (non-hydrogen) atoms. The van der Waals surface area contributed by atoms with Gasteiger partial charge in [-0.05, 0) is 19.4 Å². The van der Waals surface area contributed by atoms with E-state index >= 15 is 0 Å². The number of aryl methyl sites for hydroxylation is 1. The van der Waals surface area contributed by atoms with Crippen LogP contribution in [0.25, 0.3) is 11.4 Å². The molecule has 5 heteroatoms. The Labute approximate surface area is 106 Å². The van der Waals surface area contributed by atoms with Crippen molar-refractivity contribution in [1.82, 2.24) is 24.8 Å². The lowest BCUT2D eigenvalue weighted by Crippen LogP contribution is -2.29. The monoisotopic (exact) mass is 243 g/mol. The van der Waals surface area contributed by atoms with Crippen LogP contribution < -0.4 is 5.32 Å². The predicted molar refractivity (Wildman–Crippen MR) is 69.1 cm³/mol. The first-order chi connectivity index (χ1) is 8.86. The van der Waals surface area contributed by atoms with E-state index in [0.29, 0.717) is 5.92 Å². The summed E-state index contributed by atoms with van der Waals surface area (Å²) in [5.74, 6) is 0.456. The summed E-state index contributed by atoms with van der Waals surface area (Å²) in [5, 5.41) is 3.43. The molecule has 0 aliphatic carbocycles. The van der Waals surface area contributed by atoms with Gasteiger partial charge in [0.2, 0.25) is 0 Å². The zero-order chi connectivity index (χ0) is 12.4. The summed E-state index contributed by atoms with van der Waals surface area (Å²) in [6.07, 6.45) is 9.56. The molecule has 1 aliphatic rings. The minimum atomic E-state index is 0.456. The molecule has 0 saturated carbocycles. The molecule has 0 aromatic carbocycles. The Bertz CT molecular complexity index is 528. The molecule has 94 valence electrons. The fourth-order valence-electron chi connectivity index (χ4n) is 2.52. The third-order valence-electron chi connectivity index (χ3n) is 3.47. The molecule has 0 amide bonds. The number of hydrogen-bond acceptors (Lipinski definition) is 4. The maximum atomic E-state index is 4.56. The van der Waals surface area contributed by atoms with E-state index < -0.39 is 0 Å². The topological polar surface area (TPSA) is 55.6 Å². The van der Waals surface area contributed by atoms with Crippen molar-refractivity contribution < 1.29 is 0 Å². The van der Waals surface area contributed by atoms with Crippen molar-refractivity contribution >= 4 is 0 Å². The third kappa shape index (κ3) is 2.01. The van der Waals surface area contributed by atoms with Crippen LogP contribution in [0.1, 0.15) is 24.5 Å². The van der Waals surface area contributed by atoms with Crippen molar-refractivity contribution in [2.75, 3.05) is 13.1 Å². The van der Waals surface area contributed by atoms with E-state index in [2.05, 4.69) is 20.3 Å². The van der Waals surface area contributed by atoms with Crippen LogP contribution in [0.3, 0.4) is 0 Å². The molecule has 5 nitrogen and oxygen atoms in total. The number of hydrogen-bond donors (Lipinski definition) is 1. The summed E-state index contributed by atoms with van der Waals surface area (Å²) in [6, 6.07) is 0. The number of rotatable bonds is 2. The molecule has 0 radical (unpaired) electrons. The Morgan fingerprint density at radius 2 is 2.22 bits per heavy atom. The van der Waals surface area contributed by atoms with Gasteiger partial charge in [-0.2, -0.15) is 0 Å². The Morgan fingerprint density at radius 1 is 1.33 bits per heavy atom. The molecule has 2 aromatic heterocycles. The summed E-state index contributed by atoms with van der Waals surface area (Å²) in [7, 11) is 1.99. The summed E-state index contributed by atoms with van der Waals surface area (Å²) < 4.78 is 1.99. The first kappa shape index (κ1) is 11.3. The zero-order valence-corrected chi connectivity index (χ0v) is 10.5. The van der Waals surface area contributed by atoms with Crippen molar-refractivity contribution in [2.24, 2.45) is 7.05 Å². The molecule has 1 saturated heterocycles. The minimum Gasteiger partial charge on any atom is -0.332 e. The van der Waals surface area contributed by atoms with Gasteiger partial charge in [0.25, 0.3) is 0 Å². The quantitative estimate of drug-likeness (QED) is 0.865. The van der Waals surface area contributed by atoms with E-state index in [1.165, 1.54) is 12.8 Å². The molecular weight excluding hydrogens is 226 g/mol. The lowest BCUT2D eigenvalue weighted by molar-refractivity contribution is 0.454. The van der Waals surface area contributed by atoms with Crippen LogP contribution in [0.5, 0.6) is 0 Å². The van der Waals surface area contributed by atoms with E-state index in [0.717, 1.165) is 30.2 Å². The molecule has 1 atom stereocenters. The van der Waals surface area contributed by atoms with Gasteiger partial charge in [0, 0.05) is 31.9 Å². The van der Waals surface area contributed by atoms with Crippen molar-refractivity contribution in [3.8, 4) is 11.4 Å². The first-order valence-electron chi connectivity index (χ1n) is 6.34. The van der Waals surface area contributed by atoms with Crippen LogP contribution >= 0.6 is 0 Å². The first-order valence-corrected chi connectivity index (χ1v) is 6.34. The van der Waals surface area contributed by atoms with Gasteiger partial charge >= 0.3 is 0 Å². The lowest BCUT2D eigenvalue weighted by atomic mass is 9.94. The second-order valence-electron chi connectivity index (χ2n) is 4.72. The minimum absolute atomic E-state index is 0.456. The van der Waals surface area contributed by atoms with E-state index in [1.807, 2.05) is 17.8 Å². The smallest absolute Gasteiger partial charge is 0.110 e. The van der Waals surface area contributed by atoms with Gasteiger partial charge in [0.1, 0.15) is 5.69 Å². The standard InChI is InChI=1S/C13H17N5/c1-18-9-15-8-11(18)13-12(16-5-6-17-13)10-3-2-4-14-7-10/h5-6,8-10,14H,2-4,7H2,1H3. The fraction of sp³-hybridized carbons (Fsp3) is 0.462. The number of piperidine rings is 1. The maximum absolute atomic E-state index is 4.56. The molecule has 1 aliphatic heterocycles. The molecule has 0 bridgehead atoms. The van der Waals surface area contributed by atoms with Gasteiger partial charge < -0.3 is 9.88 Å². The maximum Gasteiger partial charge on any atom is 0.110 e. The summed E-state index contributed by atoms with van der Waals surface area (Å²) in [5.41, 5.74) is 3.09. The van der Waals surface area contributed by atoms with Gasteiger partial charge in [-0.25, -0.2) is 4.98 Å². The van der Waals surface area contributed by atoms with Crippen LogP contribution in [-0.2, 0) is 7.05 Å². The van der Waals surface area contributed by atoms with Crippen LogP contribution in [0.2, 0.25) is 0 Å². The average Bonchev–Trinajstić information content (AvgIpc) is 2.86. The highest BCUT2D eigenvalue weighted by atomic mass is 15.0. The number of aromatic nitrogens is 4. The summed E-state index contributed by atoms with van der Waals surface area (Å²) >= 11 is 0. The molecule has 1 N–H and O–H groups in total. The molecular formula is C13H17N5. The molecule has 2 aromatic rings. The number of imidazole rings is 1. The largest absolute Gasteiger partial charge is 0.332 e. The molecule has 3 rings (SSSR count). The molecule has 0 spiro atoms. The van der Waals surface area contributed by atoms with E-state index in [9.17, 15) is 0 Å². The normalized spacial score (nSPS) is 19.9. The Balaban J connectivity index is 2.02.